The van der Waals surface area contributed by atoms with Crippen molar-refractivity contribution in [2.24, 2.45) is 5.73 Å². The summed E-state index contributed by atoms with van der Waals surface area (Å²) in [6.07, 6.45) is 0.0448. The van der Waals surface area contributed by atoms with Gasteiger partial charge in [-0.3, -0.25) is 4.79 Å². The number of ether oxygens (including phenoxy) is 1. The number of hydrogen-bond acceptors (Lipinski definition) is 5. The van der Waals surface area contributed by atoms with E-state index in [4.69, 9.17) is 15.6 Å². The van der Waals surface area contributed by atoms with E-state index in [0.717, 1.165) is 11.1 Å². The van der Waals surface area contributed by atoms with Crippen LogP contribution < -0.4 is 10.5 Å². The van der Waals surface area contributed by atoms with Crippen molar-refractivity contribution >= 4 is 28.4 Å². The smallest absolute Gasteiger partial charge is 0.320 e. The highest BCUT2D eigenvalue weighted by Gasteiger charge is 2.52. The molecule has 34 heavy (non-hydrogen) atoms. The molecule has 1 aliphatic heterocycles. The van der Waals surface area contributed by atoms with Crippen LogP contribution in [-0.2, 0) is 26.8 Å². The first-order valence-electron chi connectivity index (χ1n) is 10.6. The highest BCUT2D eigenvalue weighted by Crippen LogP contribution is 2.40. The van der Waals surface area contributed by atoms with Crippen molar-refractivity contribution in [3.05, 3.63) is 95.6 Å². The Morgan fingerprint density at radius 2 is 1.74 bits per heavy atom. The second kappa shape index (κ2) is 10.1. The molecule has 3 N–H and O–H groups in total. The van der Waals surface area contributed by atoms with Gasteiger partial charge < -0.3 is 15.6 Å². The van der Waals surface area contributed by atoms with E-state index in [2.05, 4.69) is 0 Å². The monoisotopic (exact) mass is 502 g/mol. The average Bonchev–Trinajstić information content (AvgIpc) is 2.76. The molecular formula is C25H27ClN2O5S. The number of nitrogens with two attached hydrogens (primary N) is 1. The third kappa shape index (κ3) is 5.26. The molecule has 7 nitrogen and oxygen atoms in total. The normalized spacial score (nSPS) is 16.1. The second-order valence-corrected chi connectivity index (χ2v) is 10.3. The minimum Gasteiger partial charge on any atom is -0.480 e. The number of halogens is 1. The van der Waals surface area contributed by atoms with Crippen molar-refractivity contribution in [3.8, 4) is 5.75 Å². The number of hydrogen-bond donors (Lipinski definition) is 2. The largest absolute Gasteiger partial charge is 0.480 e. The molecule has 0 unspecified atom stereocenters. The zero-order valence-corrected chi connectivity index (χ0v) is 20.3. The first-order chi connectivity index (χ1) is 15.7. The number of nitrogens with zero attached hydrogens (tertiary/aromatic N) is 1. The van der Waals surface area contributed by atoms with Crippen molar-refractivity contribution in [1.29, 1.82) is 0 Å². The highest BCUT2D eigenvalue weighted by molar-refractivity contribution is 7.89. The Morgan fingerprint density at radius 1 is 1.06 bits per heavy atom. The summed E-state index contributed by atoms with van der Waals surface area (Å²) in [7, 11) is -3.80. The van der Waals surface area contributed by atoms with Crippen molar-refractivity contribution < 1.29 is 23.1 Å². The third-order valence-corrected chi connectivity index (χ3v) is 7.56. The van der Waals surface area contributed by atoms with Gasteiger partial charge >= 0.3 is 5.97 Å². The zero-order valence-electron chi connectivity index (χ0n) is 18.6. The van der Waals surface area contributed by atoms with E-state index >= 15 is 0 Å². The van der Waals surface area contributed by atoms with Gasteiger partial charge in [0.2, 0.25) is 10.0 Å². The van der Waals surface area contributed by atoms with Crippen LogP contribution in [0.15, 0.2) is 83.8 Å². The Hall–Kier alpha value is -2.91. The van der Waals surface area contributed by atoms with Gasteiger partial charge in [0.05, 0.1) is 18.0 Å². The summed E-state index contributed by atoms with van der Waals surface area (Å²) in [5, 5.41) is 9.05. The molecule has 3 aromatic carbocycles. The molecule has 180 valence electrons. The Morgan fingerprint density at radius 3 is 2.38 bits per heavy atom. The Kier molecular flexibility index (Phi) is 7.67. The molecule has 1 saturated heterocycles. The van der Waals surface area contributed by atoms with Crippen LogP contribution >= 0.6 is 12.4 Å². The van der Waals surface area contributed by atoms with E-state index in [-0.39, 0.29) is 36.8 Å². The van der Waals surface area contributed by atoms with E-state index < -0.39 is 27.6 Å². The minimum absolute atomic E-state index is 0. The Labute approximate surface area is 205 Å². The van der Waals surface area contributed by atoms with Gasteiger partial charge in [0.15, 0.2) is 5.60 Å². The van der Waals surface area contributed by atoms with Gasteiger partial charge in [0.25, 0.3) is 0 Å². The predicted octanol–water partition coefficient (Wildman–Crippen LogP) is 3.35. The lowest BCUT2D eigenvalue weighted by molar-refractivity contribution is -0.138. The van der Waals surface area contributed by atoms with Crippen LogP contribution in [0.1, 0.15) is 16.7 Å². The lowest BCUT2D eigenvalue weighted by Gasteiger charge is -2.49. The van der Waals surface area contributed by atoms with Crippen LogP contribution in [0.4, 0.5) is 0 Å². The topological polar surface area (TPSA) is 110 Å². The van der Waals surface area contributed by atoms with E-state index in [1.54, 1.807) is 12.1 Å². The van der Waals surface area contributed by atoms with E-state index in [1.807, 2.05) is 61.5 Å². The highest BCUT2D eigenvalue weighted by atomic mass is 35.5. The molecule has 0 aromatic heterocycles. The van der Waals surface area contributed by atoms with Crippen LogP contribution in [0.3, 0.4) is 0 Å². The molecule has 3 aromatic rings. The lowest BCUT2D eigenvalue weighted by Crippen LogP contribution is -2.64. The summed E-state index contributed by atoms with van der Waals surface area (Å²) in [4.78, 5) is 11.2. The molecule has 9 heteroatoms. The zero-order chi connectivity index (χ0) is 23.6. The maximum absolute atomic E-state index is 13.3. The summed E-state index contributed by atoms with van der Waals surface area (Å²) >= 11 is 0. The first kappa shape index (κ1) is 25.7. The van der Waals surface area contributed by atoms with Crippen LogP contribution in [0.5, 0.6) is 5.75 Å². The third-order valence-electron chi connectivity index (χ3n) is 5.78. The quantitative estimate of drug-likeness (QED) is 0.489. The number of carboxylic acids is 1. The first-order valence-corrected chi connectivity index (χ1v) is 12.0. The van der Waals surface area contributed by atoms with Crippen LogP contribution in [0.2, 0.25) is 0 Å². The molecular weight excluding hydrogens is 476 g/mol. The molecule has 0 spiro atoms. The van der Waals surface area contributed by atoms with E-state index in [9.17, 15) is 13.2 Å². The van der Waals surface area contributed by atoms with Crippen LogP contribution in [-0.4, -0.2) is 42.9 Å². The molecule has 1 fully saturated rings. The molecule has 0 aliphatic carbocycles. The fourth-order valence-corrected chi connectivity index (χ4v) is 5.57. The van der Waals surface area contributed by atoms with Gasteiger partial charge in [-0.15, -0.1) is 12.4 Å². The maximum atomic E-state index is 13.3. The lowest BCUT2D eigenvalue weighted by atomic mass is 9.87. The number of sulfonamides is 1. The molecule has 0 radical (unpaired) electrons. The Balaban J connectivity index is 0.00000324. The van der Waals surface area contributed by atoms with Crippen molar-refractivity contribution in [2.75, 3.05) is 13.1 Å². The molecule has 1 aliphatic rings. The molecule has 4 rings (SSSR count). The van der Waals surface area contributed by atoms with Gasteiger partial charge in [0.1, 0.15) is 11.8 Å². The van der Waals surface area contributed by atoms with Crippen LogP contribution in [0.25, 0.3) is 0 Å². The predicted molar refractivity (Wildman–Crippen MR) is 132 cm³/mol. The summed E-state index contributed by atoms with van der Waals surface area (Å²) in [5.74, 6) is -0.451. The molecule has 1 heterocycles. The second-order valence-electron chi connectivity index (χ2n) is 8.35. The summed E-state index contributed by atoms with van der Waals surface area (Å²) in [5.41, 5.74) is 7.32. The summed E-state index contributed by atoms with van der Waals surface area (Å²) < 4.78 is 34.4. The molecule has 0 amide bonds. The fourth-order valence-electron chi connectivity index (χ4n) is 3.97. The standard InChI is InChI=1S/C25H26N2O5S.ClH/c1-18-7-5-11-21(13-18)32-25(20-9-3-2-4-10-20)16-27(17-25)33(30,31)22-12-6-8-19(14-22)15-23(26)24(28)29;/h2-14,23H,15-17,26H2,1H3,(H,28,29);1H/t23-;/m0./s1. The Bertz CT molecular complexity index is 1260. The minimum atomic E-state index is -3.80. The van der Waals surface area contributed by atoms with Gasteiger partial charge in [-0.25, -0.2) is 8.42 Å². The van der Waals surface area contributed by atoms with Gasteiger partial charge in [0, 0.05) is 0 Å². The number of aliphatic carboxylic acids is 1. The van der Waals surface area contributed by atoms with Crippen molar-refractivity contribution in [1.82, 2.24) is 4.31 Å². The number of aryl methyl sites for hydroxylation is 1. The SMILES string of the molecule is Cc1cccc(OC2(c3ccccc3)CN(S(=O)(=O)c3cccc(C[C@H](N)C(=O)O)c3)C2)c1.Cl. The summed E-state index contributed by atoms with van der Waals surface area (Å²) in [6, 6.07) is 22.4. The van der Waals surface area contributed by atoms with Gasteiger partial charge in [-0.2, -0.15) is 4.31 Å². The van der Waals surface area contributed by atoms with E-state index in [0.29, 0.717) is 11.3 Å². The van der Waals surface area contributed by atoms with Gasteiger partial charge in [-0.1, -0.05) is 54.6 Å². The molecule has 1 atom stereocenters. The number of carbonyl (C=O) groups is 1. The number of rotatable bonds is 8. The number of benzene rings is 3. The average molecular weight is 503 g/mol. The van der Waals surface area contributed by atoms with Gasteiger partial charge in [-0.05, 0) is 54.3 Å². The van der Waals surface area contributed by atoms with Crippen molar-refractivity contribution in [3.63, 3.8) is 0 Å². The fraction of sp³-hybridized carbons (Fsp3) is 0.240. The maximum Gasteiger partial charge on any atom is 0.320 e. The number of carboxylic acid groups (broad SMARTS) is 1. The van der Waals surface area contributed by atoms with E-state index in [1.165, 1.54) is 16.4 Å². The molecule has 0 saturated carbocycles. The molecule has 0 bridgehead atoms. The van der Waals surface area contributed by atoms with Crippen LogP contribution in [0, 0.1) is 6.92 Å². The van der Waals surface area contributed by atoms with Crippen molar-refractivity contribution in [2.45, 2.75) is 29.9 Å². The summed E-state index contributed by atoms with van der Waals surface area (Å²) in [6.45, 7) is 2.29.